The molecule has 0 bridgehead atoms. The summed E-state index contributed by atoms with van der Waals surface area (Å²) >= 11 is 0. The van der Waals surface area contributed by atoms with E-state index in [4.69, 9.17) is 10.5 Å². The minimum atomic E-state index is -0.514. The van der Waals surface area contributed by atoms with E-state index >= 15 is 0 Å². The van der Waals surface area contributed by atoms with E-state index in [0.717, 1.165) is 0 Å². The summed E-state index contributed by atoms with van der Waals surface area (Å²) in [5.74, 6) is 0.465. The van der Waals surface area contributed by atoms with E-state index in [-0.39, 0.29) is 24.2 Å². The average Bonchev–Trinajstić information content (AvgIpc) is 2.60. The van der Waals surface area contributed by atoms with Gasteiger partial charge in [-0.15, -0.1) is 12.4 Å². The van der Waals surface area contributed by atoms with Gasteiger partial charge in [-0.1, -0.05) is 13.8 Å². The van der Waals surface area contributed by atoms with Crippen molar-refractivity contribution in [3.8, 4) is 5.75 Å². The van der Waals surface area contributed by atoms with Crippen LogP contribution in [-0.4, -0.2) is 38.6 Å². The number of halogens is 1. The van der Waals surface area contributed by atoms with Gasteiger partial charge in [0.1, 0.15) is 5.75 Å². The minimum absolute atomic E-state index is 0. The van der Waals surface area contributed by atoms with E-state index in [9.17, 15) is 9.59 Å². The monoisotopic (exact) mass is 357 g/mol. The third-order valence-corrected chi connectivity index (χ3v) is 4.27. The molecule has 1 aromatic rings. The van der Waals surface area contributed by atoms with Crippen LogP contribution in [0, 0.1) is 5.41 Å². The highest BCUT2D eigenvalue weighted by atomic mass is 35.5. The third kappa shape index (κ3) is 5.69. The van der Waals surface area contributed by atoms with Crippen molar-refractivity contribution in [1.82, 2.24) is 10.6 Å². The Morgan fingerprint density at radius 3 is 2.08 bits per heavy atom. The van der Waals surface area contributed by atoms with Crippen molar-refractivity contribution in [2.24, 2.45) is 11.1 Å². The molecule has 24 heavy (non-hydrogen) atoms. The van der Waals surface area contributed by atoms with Crippen LogP contribution in [-0.2, 0) is 4.79 Å². The van der Waals surface area contributed by atoms with Crippen LogP contribution in [0.2, 0.25) is 0 Å². The first-order valence-electron chi connectivity index (χ1n) is 7.93. The summed E-state index contributed by atoms with van der Waals surface area (Å²) in [6.07, 6.45) is 1.40. The van der Waals surface area contributed by atoms with E-state index in [2.05, 4.69) is 10.6 Å². The van der Waals surface area contributed by atoms with Gasteiger partial charge in [-0.05, 0) is 37.1 Å². The number of nitrogens with two attached hydrogens (primary N) is 1. The van der Waals surface area contributed by atoms with Crippen LogP contribution in [0.1, 0.15) is 37.0 Å². The van der Waals surface area contributed by atoms with E-state index in [0.29, 0.717) is 43.8 Å². The average molecular weight is 358 g/mol. The zero-order chi connectivity index (χ0) is 17.3. The van der Waals surface area contributed by atoms with E-state index < -0.39 is 5.41 Å². The minimum Gasteiger partial charge on any atom is -0.497 e. The highest BCUT2D eigenvalue weighted by Crippen LogP contribution is 2.24. The summed E-state index contributed by atoms with van der Waals surface area (Å²) in [7, 11) is 1.58. The molecule has 1 rings (SSSR count). The van der Waals surface area contributed by atoms with Crippen molar-refractivity contribution in [3.63, 3.8) is 0 Å². The van der Waals surface area contributed by atoms with Crippen molar-refractivity contribution in [3.05, 3.63) is 29.8 Å². The second kappa shape index (κ2) is 10.9. The number of ether oxygens (including phenoxy) is 1. The van der Waals surface area contributed by atoms with Gasteiger partial charge in [0.05, 0.1) is 12.5 Å². The number of carbonyl (C=O) groups is 2. The highest BCUT2D eigenvalue weighted by molar-refractivity contribution is 5.94. The number of nitrogens with one attached hydrogen (secondary N) is 2. The second-order valence-corrected chi connectivity index (χ2v) is 5.43. The Morgan fingerprint density at radius 1 is 1.08 bits per heavy atom. The Balaban J connectivity index is 0.00000529. The molecular weight excluding hydrogens is 330 g/mol. The number of hydrogen-bond acceptors (Lipinski definition) is 4. The SMILES string of the molecule is CCC(CC)(CN)C(=O)NCCNC(=O)c1ccc(OC)cc1.Cl. The van der Waals surface area contributed by atoms with Crippen molar-refractivity contribution < 1.29 is 14.3 Å². The number of benzene rings is 1. The Bertz CT molecular complexity index is 508. The lowest BCUT2D eigenvalue weighted by atomic mass is 9.81. The largest absolute Gasteiger partial charge is 0.497 e. The zero-order valence-corrected chi connectivity index (χ0v) is 15.4. The molecule has 0 saturated carbocycles. The number of hydrogen-bond donors (Lipinski definition) is 3. The fourth-order valence-corrected chi connectivity index (χ4v) is 2.34. The third-order valence-electron chi connectivity index (χ3n) is 4.27. The fourth-order valence-electron chi connectivity index (χ4n) is 2.34. The van der Waals surface area contributed by atoms with E-state index in [1.807, 2.05) is 13.8 Å². The summed E-state index contributed by atoms with van der Waals surface area (Å²) in [4.78, 5) is 24.2. The molecule has 0 aliphatic rings. The maximum atomic E-state index is 12.2. The summed E-state index contributed by atoms with van der Waals surface area (Å²) in [6.45, 7) is 4.99. The van der Waals surface area contributed by atoms with Gasteiger partial charge in [-0.2, -0.15) is 0 Å². The van der Waals surface area contributed by atoms with Gasteiger partial charge >= 0.3 is 0 Å². The molecule has 0 heterocycles. The Morgan fingerprint density at radius 2 is 1.62 bits per heavy atom. The molecule has 0 atom stereocenters. The lowest BCUT2D eigenvalue weighted by Gasteiger charge is -2.28. The number of amides is 2. The van der Waals surface area contributed by atoms with Gasteiger partial charge in [0.15, 0.2) is 0 Å². The van der Waals surface area contributed by atoms with Gasteiger partial charge in [0.2, 0.25) is 5.91 Å². The summed E-state index contributed by atoms with van der Waals surface area (Å²) < 4.78 is 5.05. The number of carbonyl (C=O) groups excluding carboxylic acids is 2. The van der Waals surface area contributed by atoms with E-state index in [1.54, 1.807) is 31.4 Å². The van der Waals surface area contributed by atoms with Crippen LogP contribution < -0.4 is 21.1 Å². The predicted molar refractivity (Wildman–Crippen MR) is 97.7 cm³/mol. The first kappa shape index (κ1) is 22.2. The van der Waals surface area contributed by atoms with Crippen molar-refractivity contribution in [2.75, 3.05) is 26.7 Å². The lowest BCUT2D eigenvalue weighted by molar-refractivity contribution is -0.130. The highest BCUT2D eigenvalue weighted by Gasteiger charge is 2.32. The van der Waals surface area contributed by atoms with Gasteiger partial charge < -0.3 is 21.1 Å². The van der Waals surface area contributed by atoms with Gasteiger partial charge in [-0.3, -0.25) is 9.59 Å². The Hall–Kier alpha value is -1.79. The second-order valence-electron chi connectivity index (χ2n) is 5.43. The molecule has 136 valence electrons. The summed E-state index contributed by atoms with van der Waals surface area (Å²) in [5, 5.41) is 5.62. The Kier molecular flexibility index (Phi) is 10.1. The molecule has 0 aliphatic heterocycles. The summed E-state index contributed by atoms with van der Waals surface area (Å²) in [6, 6.07) is 6.85. The van der Waals surface area contributed by atoms with Crippen LogP contribution in [0.5, 0.6) is 5.75 Å². The van der Waals surface area contributed by atoms with Crippen LogP contribution in [0.15, 0.2) is 24.3 Å². The predicted octanol–water partition coefficient (Wildman–Crippen LogP) is 1.73. The molecule has 0 radical (unpaired) electrons. The zero-order valence-electron chi connectivity index (χ0n) is 14.6. The molecule has 0 fully saturated rings. The van der Waals surface area contributed by atoms with Crippen molar-refractivity contribution in [1.29, 1.82) is 0 Å². The molecule has 0 aliphatic carbocycles. The topological polar surface area (TPSA) is 93.5 Å². The molecular formula is C17H28ClN3O3. The normalized spacial score (nSPS) is 10.5. The van der Waals surface area contributed by atoms with Crippen molar-refractivity contribution >= 4 is 24.2 Å². The van der Waals surface area contributed by atoms with Crippen LogP contribution in [0.25, 0.3) is 0 Å². The molecule has 0 unspecified atom stereocenters. The maximum Gasteiger partial charge on any atom is 0.251 e. The lowest BCUT2D eigenvalue weighted by Crippen LogP contribution is -2.47. The molecule has 0 aromatic heterocycles. The molecule has 6 nitrogen and oxygen atoms in total. The molecule has 4 N–H and O–H groups in total. The van der Waals surface area contributed by atoms with Gasteiger partial charge in [0.25, 0.3) is 5.91 Å². The van der Waals surface area contributed by atoms with Crippen LogP contribution in [0.3, 0.4) is 0 Å². The first-order valence-corrected chi connectivity index (χ1v) is 7.93. The maximum absolute atomic E-state index is 12.2. The number of methoxy groups -OCH3 is 1. The molecule has 7 heteroatoms. The van der Waals surface area contributed by atoms with Gasteiger partial charge in [-0.25, -0.2) is 0 Å². The molecule has 2 amide bonds. The van der Waals surface area contributed by atoms with Crippen LogP contribution >= 0.6 is 12.4 Å². The Labute approximate surface area is 149 Å². The number of rotatable bonds is 9. The smallest absolute Gasteiger partial charge is 0.251 e. The van der Waals surface area contributed by atoms with Gasteiger partial charge in [0, 0.05) is 25.2 Å². The quantitative estimate of drug-likeness (QED) is 0.587. The fraction of sp³-hybridized carbons (Fsp3) is 0.529. The molecule has 1 aromatic carbocycles. The van der Waals surface area contributed by atoms with E-state index in [1.165, 1.54) is 0 Å². The molecule has 0 spiro atoms. The first-order chi connectivity index (χ1) is 11.0. The molecule has 0 saturated heterocycles. The van der Waals surface area contributed by atoms with Crippen molar-refractivity contribution in [2.45, 2.75) is 26.7 Å². The standard InChI is InChI=1S/C17H27N3O3.ClH/c1-4-17(5-2,12-18)16(22)20-11-10-19-15(21)13-6-8-14(23-3)9-7-13;/h6-9H,4-5,10-12,18H2,1-3H3,(H,19,21)(H,20,22);1H. The summed E-state index contributed by atoms with van der Waals surface area (Å²) in [5.41, 5.74) is 5.78. The van der Waals surface area contributed by atoms with Crippen LogP contribution in [0.4, 0.5) is 0 Å².